The van der Waals surface area contributed by atoms with E-state index in [0.29, 0.717) is 0 Å². The van der Waals surface area contributed by atoms with Crippen LogP contribution in [0.2, 0.25) is 0 Å². The molecular formula is C13H10F3NO2. The summed E-state index contributed by atoms with van der Waals surface area (Å²) < 4.78 is 42.2. The third-order valence-electron chi connectivity index (χ3n) is 2.18. The molecule has 0 atom stereocenters. The molecule has 0 aromatic heterocycles. The summed E-state index contributed by atoms with van der Waals surface area (Å²) in [6, 6.07) is 4.46. The second kappa shape index (κ2) is 6.05. The molecule has 0 radical (unpaired) electrons. The lowest BCUT2D eigenvalue weighted by Gasteiger charge is -2.08. The Hall–Kier alpha value is -2.29. The summed E-state index contributed by atoms with van der Waals surface area (Å²) in [4.78, 5) is 11.1. The summed E-state index contributed by atoms with van der Waals surface area (Å²) >= 11 is 0. The van der Waals surface area contributed by atoms with Gasteiger partial charge in [-0.25, -0.2) is 4.79 Å². The van der Waals surface area contributed by atoms with Crippen LogP contribution in [0.15, 0.2) is 24.3 Å². The van der Waals surface area contributed by atoms with Crippen LogP contribution in [-0.2, 0) is 15.7 Å². The van der Waals surface area contributed by atoms with Crippen LogP contribution in [0.4, 0.5) is 13.2 Å². The van der Waals surface area contributed by atoms with E-state index in [9.17, 15) is 18.0 Å². The number of ether oxygens (including phenoxy) is 1. The lowest BCUT2D eigenvalue weighted by Crippen LogP contribution is -2.05. The number of carbonyl (C=O) groups excluding carboxylic acids is 1. The third kappa shape index (κ3) is 4.14. The Bertz CT molecular complexity index is 542. The number of esters is 1. The zero-order valence-electron chi connectivity index (χ0n) is 9.99. The van der Waals surface area contributed by atoms with E-state index in [2.05, 4.69) is 4.74 Å². The summed E-state index contributed by atoms with van der Waals surface area (Å²) in [5.74, 6) is -0.677. The van der Waals surface area contributed by atoms with Crippen LogP contribution < -0.4 is 0 Å². The van der Waals surface area contributed by atoms with E-state index < -0.39 is 17.7 Å². The van der Waals surface area contributed by atoms with Gasteiger partial charge in [0.2, 0.25) is 0 Å². The van der Waals surface area contributed by atoms with Crippen molar-refractivity contribution in [2.24, 2.45) is 0 Å². The predicted octanol–water partition coefficient (Wildman–Crippen LogP) is 3.15. The van der Waals surface area contributed by atoms with Crippen LogP contribution in [-0.4, -0.2) is 12.6 Å². The second-order valence-corrected chi connectivity index (χ2v) is 3.50. The first-order valence-corrected chi connectivity index (χ1v) is 5.34. The van der Waals surface area contributed by atoms with Gasteiger partial charge in [0, 0.05) is 6.08 Å². The van der Waals surface area contributed by atoms with Gasteiger partial charge < -0.3 is 4.74 Å². The number of rotatable bonds is 3. The summed E-state index contributed by atoms with van der Waals surface area (Å²) in [5.41, 5.74) is -0.811. The molecule has 0 bridgehead atoms. The van der Waals surface area contributed by atoms with Crippen molar-refractivity contribution in [3.05, 3.63) is 41.0 Å². The van der Waals surface area contributed by atoms with E-state index in [-0.39, 0.29) is 17.7 Å². The van der Waals surface area contributed by atoms with Crippen LogP contribution in [0.3, 0.4) is 0 Å². The predicted molar refractivity (Wildman–Crippen MR) is 61.8 cm³/mol. The molecule has 0 saturated carbocycles. The van der Waals surface area contributed by atoms with E-state index >= 15 is 0 Å². The van der Waals surface area contributed by atoms with Gasteiger partial charge in [0.25, 0.3) is 0 Å². The molecule has 1 aromatic rings. The van der Waals surface area contributed by atoms with E-state index in [1.54, 1.807) is 13.0 Å². The van der Waals surface area contributed by atoms with E-state index in [4.69, 9.17) is 5.26 Å². The molecule has 19 heavy (non-hydrogen) atoms. The summed E-state index contributed by atoms with van der Waals surface area (Å²) in [7, 11) is 0. The highest BCUT2D eigenvalue weighted by atomic mass is 19.4. The van der Waals surface area contributed by atoms with Crippen LogP contribution in [0.5, 0.6) is 0 Å². The van der Waals surface area contributed by atoms with Crippen LogP contribution >= 0.6 is 0 Å². The summed E-state index contributed by atoms with van der Waals surface area (Å²) in [5, 5.41) is 8.80. The number of carbonyl (C=O) groups is 1. The Balaban J connectivity index is 3.11. The monoisotopic (exact) mass is 269 g/mol. The van der Waals surface area contributed by atoms with Crippen molar-refractivity contribution in [1.29, 1.82) is 5.26 Å². The maximum absolute atomic E-state index is 12.5. The number of hydrogen-bond donors (Lipinski definition) is 0. The number of hydrogen-bond acceptors (Lipinski definition) is 3. The van der Waals surface area contributed by atoms with Gasteiger partial charge in [-0.05, 0) is 36.8 Å². The maximum atomic E-state index is 12.5. The average Bonchev–Trinajstić information content (AvgIpc) is 2.35. The Morgan fingerprint density at radius 2 is 2.16 bits per heavy atom. The van der Waals surface area contributed by atoms with Gasteiger partial charge in [0.1, 0.15) is 0 Å². The molecule has 6 heteroatoms. The molecule has 1 aromatic carbocycles. The number of nitrogens with zero attached hydrogens (tertiary/aromatic N) is 1. The molecule has 0 aliphatic carbocycles. The smallest absolute Gasteiger partial charge is 0.416 e. The molecule has 0 aliphatic heterocycles. The molecule has 100 valence electrons. The Kier molecular flexibility index (Phi) is 4.70. The Labute approximate surface area is 107 Å². The fourth-order valence-electron chi connectivity index (χ4n) is 1.33. The average molecular weight is 269 g/mol. The topological polar surface area (TPSA) is 50.1 Å². The molecule has 0 amide bonds. The molecule has 1 rings (SSSR count). The second-order valence-electron chi connectivity index (χ2n) is 3.50. The SMILES string of the molecule is CCOC(=O)C=Cc1cc(C(F)(F)F)ccc1C#N. The van der Waals surface area contributed by atoms with Crippen molar-refractivity contribution in [1.82, 2.24) is 0 Å². The lowest BCUT2D eigenvalue weighted by atomic mass is 10.0. The fourth-order valence-corrected chi connectivity index (χ4v) is 1.33. The van der Waals surface area contributed by atoms with Crippen molar-refractivity contribution in [2.75, 3.05) is 6.61 Å². The first-order valence-electron chi connectivity index (χ1n) is 5.34. The van der Waals surface area contributed by atoms with Gasteiger partial charge in [0.15, 0.2) is 0 Å². The Morgan fingerprint density at radius 3 is 2.68 bits per heavy atom. The first kappa shape index (κ1) is 14.8. The highest BCUT2D eigenvalue weighted by molar-refractivity contribution is 5.87. The van der Waals surface area contributed by atoms with Gasteiger partial charge in [0.05, 0.1) is 23.8 Å². The molecule has 0 N–H and O–H groups in total. The third-order valence-corrected chi connectivity index (χ3v) is 2.18. The van der Waals surface area contributed by atoms with Gasteiger partial charge >= 0.3 is 12.1 Å². The van der Waals surface area contributed by atoms with E-state index in [1.807, 2.05) is 0 Å². The number of alkyl halides is 3. The first-order chi connectivity index (χ1) is 8.88. The number of nitriles is 1. The molecular weight excluding hydrogens is 259 g/mol. The zero-order valence-corrected chi connectivity index (χ0v) is 9.99. The van der Waals surface area contributed by atoms with Gasteiger partial charge in [-0.3, -0.25) is 0 Å². The minimum absolute atomic E-state index is 0.0189. The standard InChI is InChI=1S/C13H10F3NO2/c1-2-19-12(18)6-4-9-7-11(13(14,15)16)5-3-10(9)8-17/h3-7H,2H2,1H3. The van der Waals surface area contributed by atoms with Crippen molar-refractivity contribution in [3.63, 3.8) is 0 Å². The Morgan fingerprint density at radius 1 is 1.47 bits per heavy atom. The van der Waals surface area contributed by atoms with Crippen LogP contribution in [0.1, 0.15) is 23.6 Å². The fraction of sp³-hybridized carbons (Fsp3) is 0.231. The summed E-state index contributed by atoms with van der Waals surface area (Å²) in [6.07, 6.45) is -2.38. The largest absolute Gasteiger partial charge is 0.463 e. The summed E-state index contributed by atoms with van der Waals surface area (Å²) in [6.45, 7) is 1.77. The van der Waals surface area contributed by atoms with Gasteiger partial charge in [-0.15, -0.1) is 0 Å². The molecule has 3 nitrogen and oxygen atoms in total. The minimum Gasteiger partial charge on any atom is -0.463 e. The molecule has 0 unspecified atom stereocenters. The van der Waals surface area contributed by atoms with Gasteiger partial charge in [-0.1, -0.05) is 0 Å². The van der Waals surface area contributed by atoms with Crippen LogP contribution in [0.25, 0.3) is 6.08 Å². The maximum Gasteiger partial charge on any atom is 0.416 e. The highest BCUT2D eigenvalue weighted by Gasteiger charge is 2.30. The van der Waals surface area contributed by atoms with Gasteiger partial charge in [-0.2, -0.15) is 18.4 Å². The number of benzene rings is 1. The number of halogens is 3. The quantitative estimate of drug-likeness (QED) is 0.625. The molecule has 0 fully saturated rings. The van der Waals surface area contributed by atoms with Crippen molar-refractivity contribution in [3.8, 4) is 6.07 Å². The lowest BCUT2D eigenvalue weighted by molar-refractivity contribution is -0.138. The van der Waals surface area contributed by atoms with Crippen molar-refractivity contribution < 1.29 is 22.7 Å². The normalized spacial score (nSPS) is 11.3. The van der Waals surface area contributed by atoms with Crippen molar-refractivity contribution in [2.45, 2.75) is 13.1 Å². The molecule has 0 aliphatic rings. The highest BCUT2D eigenvalue weighted by Crippen LogP contribution is 2.30. The minimum atomic E-state index is -4.50. The van der Waals surface area contributed by atoms with E-state index in [0.717, 1.165) is 30.4 Å². The van der Waals surface area contributed by atoms with E-state index in [1.165, 1.54) is 0 Å². The molecule has 0 saturated heterocycles. The molecule has 0 heterocycles. The van der Waals surface area contributed by atoms with Crippen molar-refractivity contribution >= 4 is 12.0 Å². The molecule has 0 spiro atoms. The van der Waals surface area contributed by atoms with Crippen LogP contribution in [0, 0.1) is 11.3 Å². The zero-order chi connectivity index (χ0) is 14.5.